The van der Waals surface area contributed by atoms with E-state index in [1.165, 1.54) is 41.3 Å². The maximum absolute atomic E-state index is 12.6. The molecule has 0 saturated heterocycles. The summed E-state index contributed by atoms with van der Waals surface area (Å²) in [5, 5.41) is 16.8. The SMILES string of the molecule is Cc1csc(Sc2ccc([N+](=O)[O-])cc2C(=O)OCc2nc(C(C)C)no2)n1. The van der Waals surface area contributed by atoms with Crippen LogP contribution in [-0.4, -0.2) is 26.0 Å². The van der Waals surface area contributed by atoms with E-state index in [2.05, 4.69) is 15.1 Å². The van der Waals surface area contributed by atoms with Crippen LogP contribution in [-0.2, 0) is 11.3 Å². The number of rotatable bonds is 7. The molecule has 0 saturated carbocycles. The molecule has 1 aromatic carbocycles. The Bertz CT molecular complexity index is 1010. The Labute approximate surface area is 168 Å². The van der Waals surface area contributed by atoms with Gasteiger partial charge in [-0.1, -0.05) is 30.8 Å². The van der Waals surface area contributed by atoms with Crippen LogP contribution in [0.15, 0.2) is 37.3 Å². The second-order valence-corrected chi connectivity index (χ2v) is 8.22. The number of esters is 1. The van der Waals surface area contributed by atoms with Crippen LogP contribution in [0, 0.1) is 17.0 Å². The number of nitro groups is 1. The van der Waals surface area contributed by atoms with Gasteiger partial charge >= 0.3 is 5.97 Å². The van der Waals surface area contributed by atoms with Crippen molar-refractivity contribution in [2.45, 2.75) is 42.5 Å². The molecular weight excluding hydrogens is 404 g/mol. The highest BCUT2D eigenvalue weighted by Gasteiger charge is 2.21. The number of hydrogen-bond donors (Lipinski definition) is 0. The van der Waals surface area contributed by atoms with Gasteiger partial charge in [-0.05, 0) is 13.0 Å². The monoisotopic (exact) mass is 420 g/mol. The highest BCUT2D eigenvalue weighted by atomic mass is 32.2. The molecule has 3 rings (SSSR count). The molecular formula is C17H16N4O5S2. The van der Waals surface area contributed by atoms with Crippen LogP contribution in [0.2, 0.25) is 0 Å². The average Bonchev–Trinajstić information content (AvgIpc) is 3.29. The minimum absolute atomic E-state index is 0.0785. The normalized spacial score (nSPS) is 11.0. The standard InChI is InChI=1S/C17H16N4O5S2/c1-9(2)15-19-14(26-20-15)7-25-16(22)12-6-11(21(23)24)4-5-13(12)28-17-18-10(3)8-27-17/h4-6,8-9H,7H2,1-3H3. The van der Waals surface area contributed by atoms with Crippen molar-refractivity contribution in [3.05, 3.63) is 56.7 Å². The van der Waals surface area contributed by atoms with Crippen molar-refractivity contribution in [3.63, 3.8) is 0 Å². The zero-order chi connectivity index (χ0) is 20.3. The summed E-state index contributed by atoms with van der Waals surface area (Å²) in [7, 11) is 0. The lowest BCUT2D eigenvalue weighted by atomic mass is 10.2. The number of nitro benzene ring substituents is 1. The van der Waals surface area contributed by atoms with Gasteiger partial charge in [-0.15, -0.1) is 11.3 Å². The number of thiazole rings is 1. The third kappa shape index (κ3) is 4.73. The minimum Gasteiger partial charge on any atom is -0.452 e. The number of carbonyl (C=O) groups excluding carboxylic acids is 1. The van der Waals surface area contributed by atoms with Gasteiger partial charge in [0.05, 0.1) is 10.5 Å². The van der Waals surface area contributed by atoms with Crippen LogP contribution in [0.4, 0.5) is 5.69 Å². The van der Waals surface area contributed by atoms with Gasteiger partial charge < -0.3 is 9.26 Å². The summed E-state index contributed by atoms with van der Waals surface area (Å²) in [6, 6.07) is 4.05. The van der Waals surface area contributed by atoms with E-state index in [4.69, 9.17) is 9.26 Å². The number of non-ortho nitro benzene ring substituents is 1. The number of benzene rings is 1. The Kier molecular flexibility index (Phi) is 6.05. The molecule has 9 nitrogen and oxygen atoms in total. The predicted octanol–water partition coefficient (Wildman–Crippen LogP) is 4.37. The molecule has 0 bridgehead atoms. The summed E-state index contributed by atoms with van der Waals surface area (Å²) >= 11 is 2.67. The Morgan fingerprint density at radius 1 is 1.39 bits per heavy atom. The highest BCUT2D eigenvalue weighted by molar-refractivity contribution is 8.01. The minimum atomic E-state index is -0.719. The van der Waals surface area contributed by atoms with Gasteiger partial charge in [0.15, 0.2) is 16.8 Å². The topological polar surface area (TPSA) is 121 Å². The number of hydrogen-bond acceptors (Lipinski definition) is 10. The van der Waals surface area contributed by atoms with E-state index in [9.17, 15) is 14.9 Å². The summed E-state index contributed by atoms with van der Waals surface area (Å²) in [5.74, 6) is 0.0301. The maximum Gasteiger partial charge on any atom is 0.340 e. The Hall–Kier alpha value is -2.79. The number of ether oxygens (including phenoxy) is 1. The number of carbonyl (C=O) groups is 1. The molecule has 0 N–H and O–H groups in total. The maximum atomic E-state index is 12.6. The first-order valence-electron chi connectivity index (χ1n) is 8.21. The van der Waals surface area contributed by atoms with E-state index >= 15 is 0 Å². The summed E-state index contributed by atoms with van der Waals surface area (Å²) in [5.41, 5.74) is 0.734. The van der Waals surface area contributed by atoms with E-state index in [1.54, 1.807) is 0 Å². The molecule has 146 valence electrons. The van der Waals surface area contributed by atoms with Crippen LogP contribution in [0.5, 0.6) is 0 Å². The lowest BCUT2D eigenvalue weighted by Gasteiger charge is -2.07. The van der Waals surface area contributed by atoms with Crippen LogP contribution < -0.4 is 0 Å². The molecule has 0 spiro atoms. The molecule has 0 radical (unpaired) electrons. The van der Waals surface area contributed by atoms with Gasteiger partial charge in [0.25, 0.3) is 11.6 Å². The number of aryl methyl sites for hydroxylation is 1. The van der Waals surface area contributed by atoms with Crippen LogP contribution in [0.1, 0.15) is 47.5 Å². The number of aromatic nitrogens is 3. The fourth-order valence-corrected chi connectivity index (χ4v) is 4.01. The van der Waals surface area contributed by atoms with Crippen molar-refractivity contribution >= 4 is 34.8 Å². The first-order valence-corrected chi connectivity index (χ1v) is 9.91. The van der Waals surface area contributed by atoms with E-state index < -0.39 is 10.9 Å². The second-order valence-electron chi connectivity index (χ2n) is 6.07. The predicted molar refractivity (Wildman–Crippen MR) is 102 cm³/mol. The van der Waals surface area contributed by atoms with Gasteiger partial charge in [0.2, 0.25) is 0 Å². The van der Waals surface area contributed by atoms with E-state index in [0.717, 1.165) is 10.0 Å². The van der Waals surface area contributed by atoms with Crippen molar-refractivity contribution in [2.24, 2.45) is 0 Å². The Balaban J connectivity index is 1.81. The fraction of sp³-hybridized carbons (Fsp3) is 0.294. The van der Waals surface area contributed by atoms with Gasteiger partial charge in [-0.2, -0.15) is 4.98 Å². The zero-order valence-corrected chi connectivity index (χ0v) is 16.9. The van der Waals surface area contributed by atoms with Gasteiger partial charge in [0.1, 0.15) is 0 Å². The van der Waals surface area contributed by atoms with Crippen LogP contribution >= 0.6 is 23.1 Å². The average molecular weight is 420 g/mol. The lowest BCUT2D eigenvalue weighted by molar-refractivity contribution is -0.384. The molecule has 0 amide bonds. The first-order chi connectivity index (χ1) is 13.3. The van der Waals surface area contributed by atoms with E-state index in [1.807, 2.05) is 26.2 Å². The van der Waals surface area contributed by atoms with Crippen LogP contribution in [0.3, 0.4) is 0 Å². The van der Waals surface area contributed by atoms with Crippen molar-refractivity contribution in [1.29, 1.82) is 0 Å². The highest BCUT2D eigenvalue weighted by Crippen LogP contribution is 2.34. The molecule has 2 aromatic heterocycles. The second kappa shape index (κ2) is 8.48. The Morgan fingerprint density at radius 3 is 2.79 bits per heavy atom. The molecule has 0 aliphatic rings. The van der Waals surface area contributed by atoms with Crippen molar-refractivity contribution in [3.8, 4) is 0 Å². The van der Waals surface area contributed by atoms with Crippen LogP contribution in [0.25, 0.3) is 0 Å². The van der Waals surface area contributed by atoms with Crippen molar-refractivity contribution in [2.75, 3.05) is 0 Å². The zero-order valence-electron chi connectivity index (χ0n) is 15.2. The molecule has 2 heterocycles. The fourth-order valence-electron chi connectivity index (χ4n) is 2.12. The molecule has 28 heavy (non-hydrogen) atoms. The summed E-state index contributed by atoms with van der Waals surface area (Å²) < 4.78 is 11.0. The van der Waals surface area contributed by atoms with Crippen molar-refractivity contribution < 1.29 is 19.0 Å². The molecule has 0 aliphatic carbocycles. The lowest BCUT2D eigenvalue weighted by Crippen LogP contribution is -2.08. The third-order valence-corrected chi connectivity index (χ3v) is 5.65. The van der Waals surface area contributed by atoms with E-state index in [0.29, 0.717) is 10.7 Å². The Morgan fingerprint density at radius 2 is 2.18 bits per heavy atom. The molecule has 11 heteroatoms. The largest absolute Gasteiger partial charge is 0.452 e. The van der Waals surface area contributed by atoms with Gasteiger partial charge in [-0.3, -0.25) is 10.1 Å². The molecule has 0 fully saturated rings. The first kappa shape index (κ1) is 20.0. The molecule has 3 aromatic rings. The van der Waals surface area contributed by atoms with E-state index in [-0.39, 0.29) is 29.7 Å². The molecule has 0 aliphatic heterocycles. The van der Waals surface area contributed by atoms with Gasteiger partial charge in [0, 0.05) is 34.0 Å². The molecule has 0 unspecified atom stereocenters. The summed E-state index contributed by atoms with van der Waals surface area (Å²) in [6.45, 7) is 5.46. The van der Waals surface area contributed by atoms with Crippen molar-refractivity contribution in [1.82, 2.24) is 15.1 Å². The third-order valence-electron chi connectivity index (χ3n) is 3.52. The van der Waals surface area contributed by atoms with Gasteiger partial charge in [-0.25, -0.2) is 9.78 Å². The molecule has 0 atom stereocenters. The quantitative estimate of drug-likeness (QED) is 0.311. The summed E-state index contributed by atoms with van der Waals surface area (Å²) in [4.78, 5) is 32.1. The summed E-state index contributed by atoms with van der Waals surface area (Å²) in [6.07, 6.45) is 0. The number of nitrogens with zero attached hydrogens (tertiary/aromatic N) is 4. The smallest absolute Gasteiger partial charge is 0.340 e.